The van der Waals surface area contributed by atoms with E-state index in [4.69, 9.17) is 11.6 Å². The van der Waals surface area contributed by atoms with Crippen LogP contribution in [0.3, 0.4) is 0 Å². The Morgan fingerprint density at radius 2 is 1.86 bits per heavy atom. The van der Waals surface area contributed by atoms with Gasteiger partial charge in [-0.05, 0) is 6.07 Å². The van der Waals surface area contributed by atoms with Crippen molar-refractivity contribution in [2.45, 2.75) is 0 Å². The molecule has 0 aliphatic carbocycles. The van der Waals surface area contributed by atoms with Crippen molar-refractivity contribution in [3.8, 4) is 11.4 Å². The molecule has 1 aromatic carbocycles. The molecule has 0 spiro atoms. The number of halogens is 1. The Balaban J connectivity index is 1.76. The molecule has 0 radical (unpaired) electrons. The predicted molar refractivity (Wildman–Crippen MR) is 85.8 cm³/mol. The fraction of sp³-hybridized carbons (Fsp3) is 0.0625. The maximum atomic E-state index is 12.2. The number of benzene rings is 1. The summed E-state index contributed by atoms with van der Waals surface area (Å²) in [7, 11) is 1.76. The number of hydrogen-bond donors (Lipinski definition) is 1. The molecule has 5 nitrogen and oxygen atoms in total. The van der Waals surface area contributed by atoms with Crippen LogP contribution in [0.2, 0.25) is 5.02 Å². The fourth-order valence-corrected chi connectivity index (χ4v) is 2.32. The van der Waals surface area contributed by atoms with Crippen LogP contribution in [0.5, 0.6) is 0 Å². The Morgan fingerprint density at radius 3 is 2.45 bits per heavy atom. The first kappa shape index (κ1) is 14.3. The summed E-state index contributed by atoms with van der Waals surface area (Å²) in [5, 5.41) is 3.26. The van der Waals surface area contributed by atoms with Crippen LogP contribution in [0.4, 0.5) is 5.69 Å². The molecular weight excluding hydrogens is 300 g/mol. The van der Waals surface area contributed by atoms with E-state index < -0.39 is 0 Å². The second-order valence-corrected chi connectivity index (χ2v) is 5.21. The van der Waals surface area contributed by atoms with Crippen molar-refractivity contribution in [3.05, 3.63) is 65.7 Å². The molecular formula is C16H13ClN4O. The van der Waals surface area contributed by atoms with Gasteiger partial charge in [0, 0.05) is 18.8 Å². The van der Waals surface area contributed by atoms with Gasteiger partial charge in [0.25, 0.3) is 5.91 Å². The van der Waals surface area contributed by atoms with E-state index in [9.17, 15) is 4.79 Å². The number of anilines is 1. The number of rotatable bonds is 3. The number of nitrogens with zero attached hydrogens (tertiary/aromatic N) is 3. The number of nitrogens with one attached hydrogen (secondary N) is 1. The van der Waals surface area contributed by atoms with Crippen molar-refractivity contribution in [1.29, 1.82) is 0 Å². The molecule has 3 aromatic rings. The van der Waals surface area contributed by atoms with Crippen LogP contribution in [-0.4, -0.2) is 20.4 Å². The van der Waals surface area contributed by atoms with Crippen molar-refractivity contribution in [2.75, 3.05) is 5.32 Å². The minimum atomic E-state index is -0.259. The largest absolute Gasteiger partial charge is 0.345 e. The molecule has 0 unspecified atom stereocenters. The molecule has 0 bridgehead atoms. The highest BCUT2D eigenvalue weighted by Crippen LogP contribution is 2.17. The SMILES string of the molecule is Cn1cc(Cl)cc1C(=O)Nc1cnc(-c2ccccc2)nc1. The lowest BCUT2D eigenvalue weighted by Gasteiger charge is -2.06. The molecule has 0 fully saturated rings. The van der Waals surface area contributed by atoms with Gasteiger partial charge in [-0.15, -0.1) is 0 Å². The highest BCUT2D eigenvalue weighted by atomic mass is 35.5. The third-order valence-corrected chi connectivity index (χ3v) is 3.35. The first-order valence-corrected chi connectivity index (χ1v) is 7.02. The van der Waals surface area contributed by atoms with Gasteiger partial charge in [0.05, 0.1) is 23.1 Å². The summed E-state index contributed by atoms with van der Waals surface area (Å²) >= 11 is 5.88. The molecule has 6 heteroatoms. The summed E-state index contributed by atoms with van der Waals surface area (Å²) in [5.74, 6) is 0.353. The molecule has 0 saturated carbocycles. The zero-order chi connectivity index (χ0) is 15.5. The Morgan fingerprint density at radius 1 is 1.18 bits per heavy atom. The summed E-state index contributed by atoms with van der Waals surface area (Å²) in [6, 6.07) is 11.2. The second kappa shape index (κ2) is 5.99. The monoisotopic (exact) mass is 312 g/mol. The zero-order valence-corrected chi connectivity index (χ0v) is 12.6. The molecule has 110 valence electrons. The van der Waals surface area contributed by atoms with Crippen LogP contribution < -0.4 is 5.32 Å². The predicted octanol–water partition coefficient (Wildman–Crippen LogP) is 3.39. The summed E-state index contributed by atoms with van der Waals surface area (Å²) in [4.78, 5) is 20.7. The smallest absolute Gasteiger partial charge is 0.272 e. The molecule has 1 N–H and O–H groups in total. The van der Waals surface area contributed by atoms with Crippen LogP contribution in [-0.2, 0) is 7.05 Å². The Bertz CT molecular complexity index is 797. The van der Waals surface area contributed by atoms with Crippen LogP contribution in [0.15, 0.2) is 55.0 Å². The number of amides is 1. The van der Waals surface area contributed by atoms with Crippen LogP contribution >= 0.6 is 11.6 Å². The highest BCUT2D eigenvalue weighted by molar-refractivity contribution is 6.31. The Kier molecular flexibility index (Phi) is 3.89. The molecule has 22 heavy (non-hydrogen) atoms. The van der Waals surface area contributed by atoms with Crippen LogP contribution in [0.25, 0.3) is 11.4 Å². The van der Waals surface area contributed by atoms with E-state index in [0.717, 1.165) is 5.56 Å². The number of aromatic nitrogens is 3. The standard InChI is InChI=1S/C16H13ClN4O/c1-21-10-12(17)7-14(21)16(22)20-13-8-18-15(19-9-13)11-5-3-2-4-6-11/h2-10H,1H3,(H,20,22). The third-order valence-electron chi connectivity index (χ3n) is 3.15. The van der Waals surface area contributed by atoms with Gasteiger partial charge in [-0.3, -0.25) is 4.79 Å². The molecule has 0 saturated heterocycles. The van der Waals surface area contributed by atoms with Crippen molar-refractivity contribution in [1.82, 2.24) is 14.5 Å². The molecule has 3 rings (SSSR count). The lowest BCUT2D eigenvalue weighted by molar-refractivity contribution is 0.101. The van der Waals surface area contributed by atoms with Gasteiger partial charge < -0.3 is 9.88 Å². The third kappa shape index (κ3) is 2.99. The molecule has 2 heterocycles. The van der Waals surface area contributed by atoms with E-state index in [1.807, 2.05) is 30.3 Å². The maximum absolute atomic E-state index is 12.2. The van der Waals surface area contributed by atoms with E-state index >= 15 is 0 Å². The van der Waals surface area contributed by atoms with E-state index in [2.05, 4.69) is 15.3 Å². The van der Waals surface area contributed by atoms with Gasteiger partial charge in [-0.25, -0.2) is 9.97 Å². The maximum Gasteiger partial charge on any atom is 0.272 e. The van der Waals surface area contributed by atoms with Crippen LogP contribution in [0.1, 0.15) is 10.5 Å². The summed E-state index contributed by atoms with van der Waals surface area (Å²) < 4.78 is 1.66. The number of carbonyl (C=O) groups excluding carboxylic acids is 1. The van der Waals surface area contributed by atoms with Gasteiger partial charge in [0.2, 0.25) is 0 Å². The first-order valence-electron chi connectivity index (χ1n) is 6.64. The molecule has 0 aliphatic rings. The fourth-order valence-electron chi connectivity index (χ4n) is 2.07. The van der Waals surface area contributed by atoms with Crippen molar-refractivity contribution < 1.29 is 4.79 Å². The van der Waals surface area contributed by atoms with E-state index in [1.165, 1.54) is 0 Å². The molecule has 2 aromatic heterocycles. The minimum Gasteiger partial charge on any atom is -0.345 e. The molecule has 0 aliphatic heterocycles. The Hall–Kier alpha value is -2.66. The average Bonchev–Trinajstić information content (AvgIpc) is 2.88. The summed E-state index contributed by atoms with van der Waals surface area (Å²) in [6.45, 7) is 0. The zero-order valence-electron chi connectivity index (χ0n) is 11.8. The molecule has 0 atom stereocenters. The normalized spacial score (nSPS) is 10.5. The van der Waals surface area contributed by atoms with Crippen molar-refractivity contribution in [3.63, 3.8) is 0 Å². The van der Waals surface area contributed by atoms with Crippen molar-refractivity contribution in [2.24, 2.45) is 7.05 Å². The van der Waals surface area contributed by atoms with Gasteiger partial charge in [0.1, 0.15) is 5.69 Å². The number of hydrogen-bond acceptors (Lipinski definition) is 3. The van der Waals surface area contributed by atoms with Crippen molar-refractivity contribution >= 4 is 23.2 Å². The first-order chi connectivity index (χ1) is 10.6. The van der Waals surface area contributed by atoms with Gasteiger partial charge >= 0.3 is 0 Å². The quantitative estimate of drug-likeness (QED) is 0.806. The number of carbonyl (C=O) groups is 1. The molecule has 1 amide bonds. The van der Waals surface area contributed by atoms with Gasteiger partial charge in [-0.1, -0.05) is 41.9 Å². The van der Waals surface area contributed by atoms with Gasteiger partial charge in [0.15, 0.2) is 5.82 Å². The lowest BCUT2D eigenvalue weighted by atomic mass is 10.2. The highest BCUT2D eigenvalue weighted by Gasteiger charge is 2.12. The topological polar surface area (TPSA) is 59.8 Å². The van der Waals surface area contributed by atoms with E-state index in [1.54, 1.807) is 36.3 Å². The minimum absolute atomic E-state index is 0.259. The lowest BCUT2D eigenvalue weighted by Crippen LogP contribution is -2.15. The number of aryl methyl sites for hydroxylation is 1. The van der Waals surface area contributed by atoms with Crippen LogP contribution in [0, 0.1) is 0 Å². The average molecular weight is 313 g/mol. The summed E-state index contributed by atoms with van der Waals surface area (Å²) in [5.41, 5.74) is 1.92. The van der Waals surface area contributed by atoms with E-state index in [-0.39, 0.29) is 5.91 Å². The summed E-state index contributed by atoms with van der Waals surface area (Å²) in [6.07, 6.45) is 4.83. The Labute approximate surface area is 132 Å². The van der Waals surface area contributed by atoms with E-state index in [0.29, 0.717) is 22.2 Å². The second-order valence-electron chi connectivity index (χ2n) is 4.77. The van der Waals surface area contributed by atoms with Gasteiger partial charge in [-0.2, -0.15) is 0 Å².